The Hall–Kier alpha value is 0.0200. The van der Waals surface area contributed by atoms with E-state index >= 15 is 0 Å². The predicted molar refractivity (Wildman–Crippen MR) is 31.3 cm³/mol. The summed E-state index contributed by atoms with van der Waals surface area (Å²) < 4.78 is 0. The zero-order valence-electron chi connectivity index (χ0n) is 4.05. The van der Waals surface area contributed by atoms with E-state index < -0.39 is 0 Å². The molecule has 0 N–H and O–H groups in total. The van der Waals surface area contributed by atoms with Gasteiger partial charge in [0.05, 0.1) is 0 Å². The summed E-state index contributed by atoms with van der Waals surface area (Å²) in [7, 11) is 0. The van der Waals surface area contributed by atoms with E-state index in [1.54, 1.807) is 0 Å². The Balaban J connectivity index is 2.08. The molecule has 0 radical (unpaired) electrons. The Morgan fingerprint density at radius 3 is 2.43 bits per heavy atom. The van der Waals surface area contributed by atoms with Crippen LogP contribution in [-0.2, 0) is 4.79 Å². The fourth-order valence-electron chi connectivity index (χ4n) is 0.569. The minimum absolute atomic E-state index is 0.0440. The minimum atomic E-state index is 0.0440. The second kappa shape index (κ2) is 1.86. The van der Waals surface area contributed by atoms with Crippen molar-refractivity contribution in [2.45, 2.75) is 19.3 Å². The summed E-state index contributed by atoms with van der Waals surface area (Å²) in [5.41, 5.74) is 0. The first-order valence-corrected chi connectivity index (χ1v) is 2.95. The van der Waals surface area contributed by atoms with Crippen LogP contribution in [0, 0.1) is 5.92 Å². The van der Waals surface area contributed by atoms with E-state index in [4.69, 9.17) is 0 Å². The molecular weight excluding hydrogens is 108 g/mol. The van der Waals surface area contributed by atoms with Crippen LogP contribution in [0.3, 0.4) is 0 Å². The van der Waals surface area contributed by atoms with Crippen molar-refractivity contribution in [3.8, 4) is 0 Å². The lowest BCUT2D eigenvalue weighted by atomic mass is 10.3. The second-order valence-electron chi connectivity index (χ2n) is 2.04. The van der Waals surface area contributed by atoms with Crippen LogP contribution in [0.1, 0.15) is 19.3 Å². The van der Waals surface area contributed by atoms with E-state index in [0.717, 1.165) is 0 Å². The monoisotopic (exact) mass is 116 g/mol. The molecule has 0 unspecified atom stereocenters. The van der Waals surface area contributed by atoms with Gasteiger partial charge < -0.3 is 0 Å². The SMILES string of the molecule is O=C(S)CC1CC1. The molecule has 0 aromatic rings. The van der Waals surface area contributed by atoms with Crippen molar-refractivity contribution in [1.29, 1.82) is 0 Å². The molecule has 0 spiro atoms. The van der Waals surface area contributed by atoms with Crippen molar-refractivity contribution >= 4 is 17.7 Å². The van der Waals surface area contributed by atoms with Crippen LogP contribution >= 0.6 is 12.6 Å². The van der Waals surface area contributed by atoms with Crippen LogP contribution in [0.5, 0.6) is 0 Å². The lowest BCUT2D eigenvalue weighted by Gasteiger charge is -1.82. The molecule has 7 heavy (non-hydrogen) atoms. The van der Waals surface area contributed by atoms with Crippen molar-refractivity contribution in [2.75, 3.05) is 0 Å². The quantitative estimate of drug-likeness (QED) is 0.537. The molecule has 2 heteroatoms. The first-order valence-electron chi connectivity index (χ1n) is 2.51. The molecule has 0 aromatic heterocycles. The average Bonchev–Trinajstić information content (AvgIpc) is 2.17. The summed E-state index contributed by atoms with van der Waals surface area (Å²) in [6.07, 6.45) is 3.18. The molecule has 0 bridgehead atoms. The van der Waals surface area contributed by atoms with Gasteiger partial charge in [0.15, 0.2) is 5.12 Å². The number of rotatable bonds is 2. The summed E-state index contributed by atoms with van der Waals surface area (Å²) in [5.74, 6) is 0.699. The largest absolute Gasteiger partial charge is 0.287 e. The predicted octanol–water partition coefficient (Wildman–Crippen LogP) is 1.24. The number of carbonyl (C=O) groups excluding carboxylic acids is 1. The van der Waals surface area contributed by atoms with Crippen molar-refractivity contribution in [2.24, 2.45) is 5.92 Å². The molecule has 1 aliphatic carbocycles. The average molecular weight is 116 g/mol. The van der Waals surface area contributed by atoms with Crippen molar-refractivity contribution < 1.29 is 4.79 Å². The van der Waals surface area contributed by atoms with Crippen molar-refractivity contribution in [3.05, 3.63) is 0 Å². The second-order valence-corrected chi connectivity index (χ2v) is 2.54. The molecule has 1 aliphatic rings. The number of carbonyl (C=O) groups is 1. The standard InChI is InChI=1S/C5H8OS/c6-5(7)3-4-1-2-4/h4H,1-3H2,(H,6,7). The smallest absolute Gasteiger partial charge is 0.186 e. The maximum absolute atomic E-state index is 10.2. The molecule has 1 rings (SSSR count). The van der Waals surface area contributed by atoms with E-state index in [1.807, 2.05) is 0 Å². The van der Waals surface area contributed by atoms with Gasteiger partial charge >= 0.3 is 0 Å². The van der Waals surface area contributed by atoms with Gasteiger partial charge in [-0.3, -0.25) is 4.79 Å². The van der Waals surface area contributed by atoms with Gasteiger partial charge in [0.2, 0.25) is 0 Å². The van der Waals surface area contributed by atoms with Crippen molar-refractivity contribution in [3.63, 3.8) is 0 Å². The topological polar surface area (TPSA) is 17.1 Å². The van der Waals surface area contributed by atoms with Gasteiger partial charge in [-0.1, -0.05) is 0 Å². The number of hydrogen-bond donors (Lipinski definition) is 1. The van der Waals surface area contributed by atoms with Crippen LogP contribution in [0.15, 0.2) is 0 Å². The first-order chi connectivity index (χ1) is 3.29. The summed E-state index contributed by atoms with van der Waals surface area (Å²) in [6, 6.07) is 0. The fraction of sp³-hybridized carbons (Fsp3) is 0.800. The molecule has 40 valence electrons. The van der Waals surface area contributed by atoms with E-state index in [9.17, 15) is 4.79 Å². The third-order valence-electron chi connectivity index (χ3n) is 1.16. The molecule has 1 fully saturated rings. The molecule has 0 aromatic carbocycles. The van der Waals surface area contributed by atoms with Gasteiger partial charge in [-0.2, -0.15) is 0 Å². The zero-order chi connectivity index (χ0) is 5.28. The van der Waals surface area contributed by atoms with Gasteiger partial charge in [-0.15, -0.1) is 12.6 Å². The maximum atomic E-state index is 10.2. The molecule has 0 heterocycles. The maximum Gasteiger partial charge on any atom is 0.186 e. The molecule has 0 aliphatic heterocycles. The molecule has 1 saturated carbocycles. The fourth-order valence-corrected chi connectivity index (χ4v) is 0.827. The van der Waals surface area contributed by atoms with Gasteiger partial charge in [0, 0.05) is 6.42 Å². The highest BCUT2D eigenvalue weighted by molar-refractivity contribution is 7.96. The van der Waals surface area contributed by atoms with Gasteiger partial charge in [-0.25, -0.2) is 0 Å². The third kappa shape index (κ3) is 1.97. The van der Waals surface area contributed by atoms with E-state index in [1.165, 1.54) is 12.8 Å². The highest BCUT2D eigenvalue weighted by Gasteiger charge is 2.22. The molecule has 0 amide bonds. The summed E-state index contributed by atoms with van der Waals surface area (Å²) in [5, 5.41) is 0.0440. The molecule has 0 saturated heterocycles. The summed E-state index contributed by atoms with van der Waals surface area (Å²) in [4.78, 5) is 10.2. The summed E-state index contributed by atoms with van der Waals surface area (Å²) >= 11 is 3.64. The summed E-state index contributed by atoms with van der Waals surface area (Å²) in [6.45, 7) is 0. The van der Waals surface area contributed by atoms with Crippen LogP contribution < -0.4 is 0 Å². The Morgan fingerprint density at radius 1 is 1.71 bits per heavy atom. The van der Waals surface area contributed by atoms with Crippen LogP contribution in [0.4, 0.5) is 0 Å². The Bertz CT molecular complexity index is 86.1. The normalized spacial score (nSPS) is 19.6. The Labute approximate surface area is 48.5 Å². The van der Waals surface area contributed by atoms with E-state index in [2.05, 4.69) is 12.6 Å². The van der Waals surface area contributed by atoms with Gasteiger partial charge in [0.1, 0.15) is 0 Å². The third-order valence-corrected chi connectivity index (χ3v) is 1.34. The van der Waals surface area contributed by atoms with Gasteiger partial charge in [-0.05, 0) is 18.8 Å². The van der Waals surface area contributed by atoms with Crippen LogP contribution in [-0.4, -0.2) is 5.12 Å². The van der Waals surface area contributed by atoms with E-state index in [-0.39, 0.29) is 5.12 Å². The first kappa shape index (κ1) is 5.16. The number of hydrogen-bond acceptors (Lipinski definition) is 1. The Morgan fingerprint density at radius 2 is 2.29 bits per heavy atom. The van der Waals surface area contributed by atoms with Crippen LogP contribution in [0.25, 0.3) is 0 Å². The lowest BCUT2D eigenvalue weighted by molar-refractivity contribution is -0.111. The van der Waals surface area contributed by atoms with E-state index in [0.29, 0.717) is 12.3 Å². The van der Waals surface area contributed by atoms with Gasteiger partial charge in [0.25, 0.3) is 0 Å². The zero-order valence-corrected chi connectivity index (χ0v) is 4.95. The number of thiol groups is 1. The molecule has 1 nitrogen and oxygen atoms in total. The Kier molecular flexibility index (Phi) is 1.38. The van der Waals surface area contributed by atoms with Crippen LogP contribution in [0.2, 0.25) is 0 Å². The lowest BCUT2D eigenvalue weighted by Crippen LogP contribution is -1.85. The minimum Gasteiger partial charge on any atom is -0.287 e. The molecule has 0 atom stereocenters. The molecular formula is C5H8OS. The highest BCUT2D eigenvalue weighted by Crippen LogP contribution is 2.32. The highest BCUT2D eigenvalue weighted by atomic mass is 32.1. The van der Waals surface area contributed by atoms with Crippen molar-refractivity contribution in [1.82, 2.24) is 0 Å².